The molecule has 1 aromatic heterocycles. The molecule has 128 valence electrons. The molecule has 2 heterocycles. The number of benzene rings is 1. The lowest BCUT2D eigenvalue weighted by molar-refractivity contribution is 0.00227. The summed E-state index contributed by atoms with van der Waals surface area (Å²) in [4.78, 5) is 17.6. The van der Waals surface area contributed by atoms with Crippen molar-refractivity contribution in [2.24, 2.45) is 0 Å². The number of hydrogen-bond acceptors (Lipinski definition) is 4. The Labute approximate surface area is 146 Å². The minimum Gasteiger partial charge on any atom is -0.373 e. The maximum absolute atomic E-state index is 12.1. The highest BCUT2D eigenvalue weighted by atomic mass is 32.1. The number of aromatic nitrogens is 1. The smallest absolute Gasteiger partial charge is 0.315 e. The predicted octanol–water partition coefficient (Wildman–Crippen LogP) is 3.21. The van der Waals surface area contributed by atoms with E-state index in [2.05, 4.69) is 27.8 Å². The Morgan fingerprint density at radius 2 is 2.21 bits per heavy atom. The monoisotopic (exact) mass is 345 g/mol. The van der Waals surface area contributed by atoms with E-state index < -0.39 is 0 Å². The quantitative estimate of drug-likeness (QED) is 0.875. The number of ether oxygens (including phenoxy) is 1. The van der Waals surface area contributed by atoms with Crippen LogP contribution in [0.4, 0.5) is 4.79 Å². The molecule has 0 saturated carbocycles. The molecule has 0 bridgehead atoms. The maximum Gasteiger partial charge on any atom is 0.315 e. The van der Waals surface area contributed by atoms with Gasteiger partial charge in [-0.25, -0.2) is 9.78 Å². The molecule has 1 saturated heterocycles. The standard InChI is InChI=1S/C18H23N3O2S/c1-13-12-20-17(24-13)7-9-19-18(22)21-15-8-10-23-16(11-15)14-5-3-2-4-6-14/h2-6,12,15-16H,7-11H2,1H3,(H2,19,21,22). The zero-order valence-corrected chi connectivity index (χ0v) is 14.6. The molecule has 1 fully saturated rings. The molecule has 6 heteroatoms. The van der Waals surface area contributed by atoms with Gasteiger partial charge in [0.05, 0.1) is 11.1 Å². The van der Waals surface area contributed by atoms with Crippen molar-refractivity contribution in [1.29, 1.82) is 0 Å². The van der Waals surface area contributed by atoms with E-state index in [1.54, 1.807) is 11.3 Å². The predicted molar refractivity (Wildman–Crippen MR) is 95.2 cm³/mol. The summed E-state index contributed by atoms with van der Waals surface area (Å²) in [6.07, 6.45) is 4.35. The lowest BCUT2D eigenvalue weighted by Gasteiger charge is -2.30. The van der Waals surface area contributed by atoms with Crippen LogP contribution < -0.4 is 10.6 Å². The van der Waals surface area contributed by atoms with Gasteiger partial charge in [0.15, 0.2) is 0 Å². The molecular weight excluding hydrogens is 322 g/mol. The van der Waals surface area contributed by atoms with Gasteiger partial charge in [0.25, 0.3) is 0 Å². The average molecular weight is 345 g/mol. The van der Waals surface area contributed by atoms with E-state index in [-0.39, 0.29) is 18.2 Å². The summed E-state index contributed by atoms with van der Waals surface area (Å²) in [5.41, 5.74) is 1.17. The van der Waals surface area contributed by atoms with Crippen molar-refractivity contribution < 1.29 is 9.53 Å². The topological polar surface area (TPSA) is 63.2 Å². The van der Waals surface area contributed by atoms with Gasteiger partial charge in [-0.2, -0.15) is 0 Å². The number of hydrogen-bond donors (Lipinski definition) is 2. The Balaban J connectivity index is 1.42. The van der Waals surface area contributed by atoms with Gasteiger partial charge in [-0.3, -0.25) is 0 Å². The van der Waals surface area contributed by atoms with Gasteiger partial charge >= 0.3 is 6.03 Å². The van der Waals surface area contributed by atoms with Crippen molar-refractivity contribution >= 4 is 17.4 Å². The Kier molecular flexibility index (Phi) is 5.82. The number of nitrogens with zero attached hydrogens (tertiary/aromatic N) is 1. The summed E-state index contributed by atoms with van der Waals surface area (Å²) >= 11 is 1.67. The summed E-state index contributed by atoms with van der Waals surface area (Å²) < 4.78 is 5.84. The van der Waals surface area contributed by atoms with Gasteiger partial charge in [0.1, 0.15) is 0 Å². The highest BCUT2D eigenvalue weighted by molar-refractivity contribution is 7.11. The Hall–Kier alpha value is -1.92. The van der Waals surface area contributed by atoms with Crippen LogP contribution in [0.3, 0.4) is 0 Å². The molecule has 1 aliphatic rings. The first kappa shape index (κ1) is 16.9. The number of urea groups is 1. The third kappa shape index (κ3) is 4.79. The van der Waals surface area contributed by atoms with Crippen molar-refractivity contribution in [3.05, 3.63) is 52.0 Å². The third-order valence-corrected chi connectivity index (χ3v) is 5.06. The summed E-state index contributed by atoms with van der Waals surface area (Å²) in [6, 6.07) is 10.2. The van der Waals surface area contributed by atoms with Crippen molar-refractivity contribution in [1.82, 2.24) is 15.6 Å². The molecule has 0 spiro atoms. The number of amides is 2. The number of thiazole rings is 1. The molecule has 1 aliphatic heterocycles. The van der Waals surface area contributed by atoms with Gasteiger partial charge < -0.3 is 15.4 Å². The second-order valence-corrected chi connectivity index (χ2v) is 7.33. The van der Waals surface area contributed by atoms with Crippen molar-refractivity contribution in [2.75, 3.05) is 13.2 Å². The van der Waals surface area contributed by atoms with Gasteiger partial charge in [-0.15, -0.1) is 11.3 Å². The molecule has 24 heavy (non-hydrogen) atoms. The Morgan fingerprint density at radius 1 is 1.38 bits per heavy atom. The fourth-order valence-corrected chi connectivity index (χ4v) is 3.65. The van der Waals surface area contributed by atoms with Crippen LogP contribution in [0.15, 0.2) is 36.5 Å². The maximum atomic E-state index is 12.1. The minimum absolute atomic E-state index is 0.0588. The number of aryl methyl sites for hydroxylation is 1. The first-order valence-electron chi connectivity index (χ1n) is 8.33. The van der Waals surface area contributed by atoms with Crippen LogP contribution in [-0.2, 0) is 11.2 Å². The van der Waals surface area contributed by atoms with E-state index in [9.17, 15) is 4.79 Å². The van der Waals surface area contributed by atoms with Crippen LogP contribution in [0, 0.1) is 6.92 Å². The summed E-state index contributed by atoms with van der Waals surface area (Å²) in [7, 11) is 0. The van der Waals surface area contributed by atoms with E-state index in [1.807, 2.05) is 31.3 Å². The number of rotatable bonds is 5. The van der Waals surface area contributed by atoms with Crippen molar-refractivity contribution in [3.8, 4) is 0 Å². The summed E-state index contributed by atoms with van der Waals surface area (Å²) in [6.45, 7) is 3.31. The second kappa shape index (κ2) is 8.26. The van der Waals surface area contributed by atoms with Crippen LogP contribution in [0.25, 0.3) is 0 Å². The van der Waals surface area contributed by atoms with E-state index in [0.717, 1.165) is 24.3 Å². The molecule has 2 unspecified atom stereocenters. The van der Waals surface area contributed by atoms with Crippen LogP contribution in [0.5, 0.6) is 0 Å². The first-order valence-corrected chi connectivity index (χ1v) is 9.14. The molecule has 1 aromatic carbocycles. The van der Waals surface area contributed by atoms with Gasteiger partial charge in [0.2, 0.25) is 0 Å². The zero-order valence-electron chi connectivity index (χ0n) is 13.8. The lowest BCUT2D eigenvalue weighted by atomic mass is 9.97. The van der Waals surface area contributed by atoms with Crippen LogP contribution >= 0.6 is 11.3 Å². The van der Waals surface area contributed by atoms with E-state index in [0.29, 0.717) is 13.2 Å². The molecule has 2 amide bonds. The second-order valence-electron chi connectivity index (χ2n) is 6.01. The molecule has 0 aliphatic carbocycles. The summed E-state index contributed by atoms with van der Waals surface area (Å²) in [5.74, 6) is 0. The molecule has 2 N–H and O–H groups in total. The SMILES string of the molecule is Cc1cnc(CCNC(=O)NC2CCOC(c3ccccc3)C2)s1. The Bertz CT molecular complexity index is 659. The molecule has 0 radical (unpaired) electrons. The van der Waals surface area contributed by atoms with Gasteiger partial charge in [-0.05, 0) is 25.3 Å². The van der Waals surface area contributed by atoms with E-state index >= 15 is 0 Å². The first-order chi connectivity index (χ1) is 11.7. The largest absolute Gasteiger partial charge is 0.373 e. The third-order valence-electron chi connectivity index (χ3n) is 4.08. The fraction of sp³-hybridized carbons (Fsp3) is 0.444. The van der Waals surface area contributed by atoms with Crippen LogP contribution in [-0.4, -0.2) is 30.2 Å². The normalized spacial score (nSPS) is 20.5. The van der Waals surface area contributed by atoms with Crippen LogP contribution in [0.1, 0.15) is 34.4 Å². The highest BCUT2D eigenvalue weighted by Crippen LogP contribution is 2.27. The number of carbonyl (C=O) groups excluding carboxylic acids is 1. The molecule has 5 nitrogen and oxygen atoms in total. The fourth-order valence-electron chi connectivity index (χ4n) is 2.86. The van der Waals surface area contributed by atoms with Crippen LogP contribution in [0.2, 0.25) is 0 Å². The van der Waals surface area contributed by atoms with Gasteiger partial charge in [0, 0.05) is 36.7 Å². The minimum atomic E-state index is -0.109. The average Bonchev–Trinajstić information content (AvgIpc) is 3.01. The molecular formula is C18H23N3O2S. The molecule has 3 rings (SSSR count). The zero-order chi connectivity index (χ0) is 16.8. The number of carbonyl (C=O) groups is 1. The number of nitrogens with one attached hydrogen (secondary N) is 2. The van der Waals surface area contributed by atoms with Crippen molar-refractivity contribution in [2.45, 2.75) is 38.3 Å². The highest BCUT2D eigenvalue weighted by Gasteiger charge is 2.24. The van der Waals surface area contributed by atoms with Crippen molar-refractivity contribution in [3.63, 3.8) is 0 Å². The lowest BCUT2D eigenvalue weighted by Crippen LogP contribution is -2.45. The molecule has 2 atom stereocenters. The summed E-state index contributed by atoms with van der Waals surface area (Å²) in [5, 5.41) is 7.04. The van der Waals surface area contributed by atoms with Gasteiger partial charge in [-0.1, -0.05) is 30.3 Å². The van der Waals surface area contributed by atoms with E-state index in [1.165, 1.54) is 10.4 Å². The molecule has 2 aromatic rings. The van der Waals surface area contributed by atoms with E-state index in [4.69, 9.17) is 4.74 Å². The Morgan fingerprint density at radius 3 is 2.96 bits per heavy atom.